The number of nitrogens with one attached hydrogen (secondary N) is 1. The van der Waals surface area contributed by atoms with Gasteiger partial charge in [0.15, 0.2) is 0 Å². The van der Waals surface area contributed by atoms with Crippen molar-refractivity contribution < 1.29 is 9.53 Å². The fraction of sp³-hybridized carbons (Fsp3) is 0.364. The Balaban J connectivity index is 1.56. The average Bonchev–Trinajstić information content (AvgIpc) is 3.24. The second kappa shape index (κ2) is 9.73. The summed E-state index contributed by atoms with van der Waals surface area (Å²) in [6.45, 7) is 6.30. The lowest BCUT2D eigenvalue weighted by atomic mass is 10.2. The molecule has 1 fully saturated rings. The van der Waals surface area contributed by atoms with Gasteiger partial charge in [0.05, 0.1) is 16.8 Å². The molecule has 1 saturated heterocycles. The first-order chi connectivity index (χ1) is 13.6. The molecule has 0 saturated carbocycles. The zero-order valence-corrected chi connectivity index (χ0v) is 17.9. The van der Waals surface area contributed by atoms with Crippen molar-refractivity contribution in [3.63, 3.8) is 0 Å². The summed E-state index contributed by atoms with van der Waals surface area (Å²) in [6.07, 6.45) is 5.19. The van der Waals surface area contributed by atoms with Crippen molar-refractivity contribution in [1.29, 1.82) is 0 Å². The van der Waals surface area contributed by atoms with E-state index in [0.29, 0.717) is 5.56 Å². The maximum absolute atomic E-state index is 12.3. The fourth-order valence-corrected chi connectivity index (χ4v) is 3.51. The van der Waals surface area contributed by atoms with Crippen LogP contribution in [0.1, 0.15) is 49.0 Å². The first-order valence-electron chi connectivity index (χ1n) is 9.71. The van der Waals surface area contributed by atoms with Crippen LogP contribution in [-0.2, 0) is 0 Å². The summed E-state index contributed by atoms with van der Waals surface area (Å²) < 4.78 is 6.69. The summed E-state index contributed by atoms with van der Waals surface area (Å²) in [4.78, 5) is 14.6. The lowest BCUT2D eigenvalue weighted by Gasteiger charge is -2.17. The van der Waals surface area contributed by atoms with Crippen LogP contribution in [0.4, 0.5) is 5.69 Å². The van der Waals surface area contributed by atoms with E-state index in [1.54, 1.807) is 6.21 Å². The molecule has 1 aliphatic rings. The van der Waals surface area contributed by atoms with Crippen molar-refractivity contribution in [3.05, 3.63) is 58.1 Å². The molecular formula is C22H26BrN3O2. The molecule has 1 heterocycles. The Kier molecular flexibility index (Phi) is 7.09. The molecule has 1 atom stereocenters. The molecule has 1 N–H and O–H groups in total. The number of rotatable bonds is 7. The molecule has 2 aromatic carbocycles. The molecule has 1 amide bonds. The molecule has 0 aliphatic carbocycles. The van der Waals surface area contributed by atoms with E-state index < -0.39 is 0 Å². The van der Waals surface area contributed by atoms with Gasteiger partial charge in [-0.05, 0) is 90.1 Å². The second-order valence-electron chi connectivity index (χ2n) is 6.97. The molecule has 3 rings (SSSR count). The zero-order chi connectivity index (χ0) is 19.9. The van der Waals surface area contributed by atoms with Crippen LogP contribution in [0.15, 0.2) is 52.0 Å². The van der Waals surface area contributed by atoms with Crippen LogP contribution in [0.2, 0.25) is 0 Å². The van der Waals surface area contributed by atoms with E-state index in [1.807, 2.05) is 49.4 Å². The van der Waals surface area contributed by atoms with E-state index in [4.69, 9.17) is 4.74 Å². The second-order valence-corrected chi connectivity index (χ2v) is 7.82. The molecule has 0 unspecified atom stereocenters. The van der Waals surface area contributed by atoms with Gasteiger partial charge in [0, 0.05) is 24.3 Å². The quantitative estimate of drug-likeness (QED) is 0.484. The van der Waals surface area contributed by atoms with Crippen molar-refractivity contribution >= 4 is 33.7 Å². The topological polar surface area (TPSA) is 53.9 Å². The van der Waals surface area contributed by atoms with E-state index in [1.165, 1.54) is 18.5 Å². The highest BCUT2D eigenvalue weighted by Crippen LogP contribution is 2.27. The molecule has 28 heavy (non-hydrogen) atoms. The monoisotopic (exact) mass is 443 g/mol. The van der Waals surface area contributed by atoms with Crippen LogP contribution in [0.5, 0.6) is 5.75 Å². The highest BCUT2D eigenvalue weighted by atomic mass is 79.9. The first-order valence-corrected chi connectivity index (χ1v) is 10.5. The normalized spacial score (nSPS) is 15.0. The lowest BCUT2D eigenvalue weighted by Crippen LogP contribution is -2.19. The minimum absolute atomic E-state index is 0.159. The van der Waals surface area contributed by atoms with Gasteiger partial charge >= 0.3 is 0 Å². The average molecular weight is 444 g/mol. The Morgan fingerprint density at radius 1 is 1.25 bits per heavy atom. The van der Waals surface area contributed by atoms with Crippen molar-refractivity contribution in [2.45, 2.75) is 39.2 Å². The van der Waals surface area contributed by atoms with Crippen LogP contribution in [-0.4, -0.2) is 31.3 Å². The number of anilines is 1. The number of hydrogen-bond donors (Lipinski definition) is 1. The number of ether oxygens (including phenoxy) is 1. The Bertz CT molecular complexity index is 830. The van der Waals surface area contributed by atoms with Crippen molar-refractivity contribution in [1.82, 2.24) is 5.43 Å². The fourth-order valence-electron chi connectivity index (χ4n) is 3.02. The van der Waals surface area contributed by atoms with E-state index in [-0.39, 0.29) is 12.0 Å². The van der Waals surface area contributed by atoms with Gasteiger partial charge in [-0.25, -0.2) is 5.43 Å². The van der Waals surface area contributed by atoms with Gasteiger partial charge in [-0.15, -0.1) is 0 Å². The third-order valence-corrected chi connectivity index (χ3v) is 5.46. The summed E-state index contributed by atoms with van der Waals surface area (Å²) in [5.41, 5.74) is 5.22. The molecule has 0 spiro atoms. The van der Waals surface area contributed by atoms with Crippen LogP contribution in [0.3, 0.4) is 0 Å². The molecule has 0 radical (unpaired) electrons. The number of nitrogens with zero attached hydrogens (tertiary/aromatic N) is 2. The number of carbonyl (C=O) groups is 1. The summed E-state index contributed by atoms with van der Waals surface area (Å²) in [5.74, 6) is 0.577. The predicted octanol–water partition coefficient (Wildman–Crippen LogP) is 4.99. The van der Waals surface area contributed by atoms with E-state index in [2.05, 4.69) is 38.3 Å². The summed E-state index contributed by atoms with van der Waals surface area (Å²) >= 11 is 3.52. The van der Waals surface area contributed by atoms with Gasteiger partial charge in [-0.2, -0.15) is 5.10 Å². The highest BCUT2D eigenvalue weighted by molar-refractivity contribution is 9.10. The number of halogens is 1. The van der Waals surface area contributed by atoms with Gasteiger partial charge in [-0.3, -0.25) is 4.79 Å². The van der Waals surface area contributed by atoms with Crippen LogP contribution >= 0.6 is 15.9 Å². The Morgan fingerprint density at radius 3 is 2.61 bits per heavy atom. The van der Waals surface area contributed by atoms with Gasteiger partial charge in [-0.1, -0.05) is 6.92 Å². The van der Waals surface area contributed by atoms with Crippen molar-refractivity contribution in [2.75, 3.05) is 18.0 Å². The molecule has 0 aromatic heterocycles. The molecular weight excluding hydrogens is 418 g/mol. The van der Waals surface area contributed by atoms with Crippen LogP contribution in [0.25, 0.3) is 0 Å². The van der Waals surface area contributed by atoms with Gasteiger partial charge in [0.2, 0.25) is 0 Å². The molecule has 2 aromatic rings. The zero-order valence-electron chi connectivity index (χ0n) is 16.3. The largest absolute Gasteiger partial charge is 0.490 e. The standard InChI is InChI=1S/C22H26BrN3O2/c1-3-16(2)28-21-11-6-17(14-20(21)23)15-24-25-22(27)18-7-9-19(10-8-18)26-12-4-5-13-26/h6-11,14-16H,3-5,12-13H2,1-2H3,(H,25,27)/b24-15-/t16-/m0/s1. The molecule has 0 bridgehead atoms. The minimum Gasteiger partial charge on any atom is -0.490 e. The van der Waals surface area contributed by atoms with Gasteiger partial charge in [0.25, 0.3) is 5.91 Å². The van der Waals surface area contributed by atoms with Crippen molar-refractivity contribution in [3.8, 4) is 5.75 Å². The maximum atomic E-state index is 12.3. The molecule has 148 valence electrons. The van der Waals surface area contributed by atoms with Crippen molar-refractivity contribution in [2.24, 2.45) is 5.10 Å². The summed E-state index contributed by atoms with van der Waals surface area (Å²) in [6, 6.07) is 13.4. The van der Waals surface area contributed by atoms with E-state index in [0.717, 1.165) is 35.3 Å². The number of amides is 1. The minimum atomic E-state index is -0.222. The Labute approximate surface area is 174 Å². The summed E-state index contributed by atoms with van der Waals surface area (Å²) in [7, 11) is 0. The maximum Gasteiger partial charge on any atom is 0.271 e. The van der Waals surface area contributed by atoms with E-state index >= 15 is 0 Å². The highest BCUT2D eigenvalue weighted by Gasteiger charge is 2.13. The smallest absolute Gasteiger partial charge is 0.271 e. The molecule has 6 heteroatoms. The van der Waals surface area contributed by atoms with Crippen LogP contribution < -0.4 is 15.1 Å². The molecule has 5 nitrogen and oxygen atoms in total. The molecule has 1 aliphatic heterocycles. The van der Waals surface area contributed by atoms with Crippen LogP contribution in [0, 0.1) is 0 Å². The Hall–Kier alpha value is -2.34. The predicted molar refractivity (Wildman–Crippen MR) is 117 cm³/mol. The third kappa shape index (κ3) is 5.35. The van der Waals surface area contributed by atoms with Gasteiger partial charge in [0.1, 0.15) is 5.75 Å². The Morgan fingerprint density at radius 2 is 1.96 bits per heavy atom. The lowest BCUT2D eigenvalue weighted by molar-refractivity contribution is 0.0955. The van der Waals surface area contributed by atoms with Gasteiger partial charge < -0.3 is 9.64 Å². The van der Waals surface area contributed by atoms with E-state index in [9.17, 15) is 4.79 Å². The number of hydrazone groups is 1. The number of carbonyl (C=O) groups excluding carboxylic acids is 1. The SMILES string of the molecule is CC[C@H](C)Oc1ccc(/C=N\NC(=O)c2ccc(N3CCCC3)cc2)cc1Br. The first kappa shape index (κ1) is 20.4. The number of hydrogen-bond acceptors (Lipinski definition) is 4. The number of benzene rings is 2. The summed E-state index contributed by atoms with van der Waals surface area (Å²) in [5, 5.41) is 4.07. The third-order valence-electron chi connectivity index (χ3n) is 4.84.